The number of aromatic hydroxyl groups is 1. The number of halogens is 2. The number of carbonyl (C=O) groups excluding carboxylic acids is 5. The lowest BCUT2D eigenvalue weighted by Crippen LogP contribution is -2.49. The van der Waals surface area contributed by atoms with Gasteiger partial charge < -0.3 is 9.84 Å². The second-order valence-electron chi connectivity index (χ2n) is 13.6. The van der Waals surface area contributed by atoms with Crippen molar-refractivity contribution in [1.29, 1.82) is 0 Å². The molecule has 2 aliphatic carbocycles. The average Bonchev–Trinajstić information content (AvgIpc) is 3.75. The molecule has 5 amide bonds. The molecular formula is C36H30Cl2N4O7S. The van der Waals surface area contributed by atoms with Gasteiger partial charge >= 0.3 is 6.09 Å². The highest BCUT2D eigenvalue weighted by atomic mass is 35.5. The van der Waals surface area contributed by atoms with E-state index in [0.29, 0.717) is 26.8 Å². The Kier molecular flexibility index (Phi) is 7.35. The number of phenolic OH excluding ortho intramolecular Hbond substituents is 1. The predicted octanol–water partition coefficient (Wildman–Crippen LogP) is 6.62. The number of thiophene rings is 1. The molecule has 2 aromatic heterocycles. The zero-order valence-electron chi connectivity index (χ0n) is 27.3. The van der Waals surface area contributed by atoms with Crippen LogP contribution in [0.15, 0.2) is 54.1 Å². The number of carbonyl (C=O) groups is 5. The number of hydrogen-bond donors (Lipinski definition) is 1. The maximum atomic E-state index is 14.9. The number of fused-ring (bicyclic) bond motifs is 5. The third kappa shape index (κ3) is 4.34. The molecule has 1 saturated carbocycles. The van der Waals surface area contributed by atoms with E-state index in [1.807, 2.05) is 31.2 Å². The fourth-order valence-electron chi connectivity index (χ4n) is 8.81. The minimum absolute atomic E-state index is 0.0764. The number of aromatic nitrogens is 2. The van der Waals surface area contributed by atoms with Crippen LogP contribution in [-0.4, -0.2) is 56.6 Å². The monoisotopic (exact) mass is 732 g/mol. The fraction of sp³-hybridized carbons (Fsp3) is 0.333. The van der Waals surface area contributed by atoms with Crippen molar-refractivity contribution in [2.45, 2.75) is 32.6 Å². The van der Waals surface area contributed by atoms with E-state index in [0.717, 1.165) is 27.6 Å². The number of likely N-dealkylation sites (tertiary alicyclic amines) is 1. The van der Waals surface area contributed by atoms with Gasteiger partial charge in [-0.05, 0) is 79.5 Å². The topological polar surface area (TPSA) is 139 Å². The summed E-state index contributed by atoms with van der Waals surface area (Å²) in [6.45, 7) is 3.72. The number of hydrogen-bond acceptors (Lipinski definition) is 9. The molecule has 14 heteroatoms. The SMILES string of the molecule is COC(=O)N1C(=O)[C@H]2[C@H](CC=C3[C@H]2C[C@H]2C(=O)N(c4cc(-c5sc6ccc(Cl)cc6c5C)nn4C)C(=O)[C@@]2(C)[C@H]3c2ccc(O)cc2Cl)C1=O. The molecule has 6 atom stereocenters. The Hall–Kier alpha value is -4.52. The first kappa shape index (κ1) is 32.7. The Morgan fingerprint density at radius 2 is 1.80 bits per heavy atom. The average molecular weight is 734 g/mol. The first-order valence-electron chi connectivity index (χ1n) is 16.0. The Bertz CT molecular complexity index is 2260. The van der Waals surface area contributed by atoms with Gasteiger partial charge in [0, 0.05) is 33.8 Å². The number of amides is 5. The Morgan fingerprint density at radius 3 is 2.52 bits per heavy atom. The molecule has 2 saturated heterocycles. The van der Waals surface area contributed by atoms with E-state index in [9.17, 15) is 29.1 Å². The number of rotatable bonds is 3. The minimum atomic E-state index is -1.37. The minimum Gasteiger partial charge on any atom is -0.508 e. The highest BCUT2D eigenvalue weighted by Gasteiger charge is 2.68. The number of benzene rings is 2. The number of anilines is 1. The highest BCUT2D eigenvalue weighted by Crippen LogP contribution is 2.64. The molecule has 4 aromatic rings. The van der Waals surface area contributed by atoms with Gasteiger partial charge in [0.25, 0.3) is 0 Å². The quantitative estimate of drug-likeness (QED) is 0.183. The summed E-state index contributed by atoms with van der Waals surface area (Å²) in [6.07, 6.45) is 1.04. The van der Waals surface area contributed by atoms with E-state index in [2.05, 4.69) is 0 Å². The zero-order chi connectivity index (χ0) is 35.5. The van der Waals surface area contributed by atoms with Crippen LogP contribution in [-0.2, 0) is 31.0 Å². The van der Waals surface area contributed by atoms with Crippen LogP contribution in [0.4, 0.5) is 10.6 Å². The van der Waals surface area contributed by atoms with Crippen LogP contribution in [0, 0.1) is 36.0 Å². The largest absolute Gasteiger partial charge is 0.508 e. The molecule has 4 aliphatic rings. The molecule has 11 nitrogen and oxygen atoms in total. The Balaban J connectivity index is 1.25. The van der Waals surface area contributed by atoms with Crippen LogP contribution in [0.5, 0.6) is 5.75 Å². The number of ether oxygens (including phenoxy) is 1. The number of methoxy groups -OCH3 is 1. The fourth-order valence-corrected chi connectivity index (χ4v) is 10.4. The number of aryl methyl sites for hydroxylation is 2. The maximum Gasteiger partial charge on any atom is 0.423 e. The van der Waals surface area contributed by atoms with E-state index in [4.69, 9.17) is 33.0 Å². The molecule has 0 radical (unpaired) electrons. The van der Waals surface area contributed by atoms with Gasteiger partial charge in [0.1, 0.15) is 17.3 Å². The maximum absolute atomic E-state index is 14.9. The van der Waals surface area contributed by atoms with Crippen LogP contribution in [0.2, 0.25) is 10.0 Å². The van der Waals surface area contributed by atoms with Crippen molar-refractivity contribution in [3.05, 3.63) is 75.3 Å². The van der Waals surface area contributed by atoms with Gasteiger partial charge in [-0.15, -0.1) is 11.3 Å². The third-order valence-corrected chi connectivity index (χ3v) is 13.0. The van der Waals surface area contributed by atoms with Crippen molar-refractivity contribution in [2.24, 2.45) is 36.1 Å². The molecule has 0 spiro atoms. The lowest BCUT2D eigenvalue weighted by atomic mass is 9.51. The number of allylic oxidation sites excluding steroid dienone is 2. The summed E-state index contributed by atoms with van der Waals surface area (Å²) in [5.41, 5.74) is 1.39. The van der Waals surface area contributed by atoms with E-state index in [-0.39, 0.29) is 29.4 Å². The van der Waals surface area contributed by atoms with Gasteiger partial charge in [-0.25, -0.2) is 9.69 Å². The van der Waals surface area contributed by atoms with Crippen LogP contribution < -0.4 is 4.90 Å². The van der Waals surface area contributed by atoms with Crippen molar-refractivity contribution >= 4 is 80.2 Å². The normalized spacial score (nSPS) is 27.5. The number of phenols is 1. The van der Waals surface area contributed by atoms with Crippen molar-refractivity contribution in [1.82, 2.24) is 14.7 Å². The van der Waals surface area contributed by atoms with Gasteiger partial charge in [-0.3, -0.25) is 23.9 Å². The second kappa shape index (κ2) is 11.2. The smallest absolute Gasteiger partial charge is 0.423 e. The molecule has 0 unspecified atom stereocenters. The molecule has 8 rings (SSSR count). The molecule has 3 fully saturated rings. The van der Waals surface area contributed by atoms with Crippen LogP contribution in [0.3, 0.4) is 0 Å². The summed E-state index contributed by atoms with van der Waals surface area (Å²) >= 11 is 14.6. The van der Waals surface area contributed by atoms with Crippen molar-refractivity contribution < 1.29 is 33.8 Å². The van der Waals surface area contributed by atoms with E-state index in [1.54, 1.807) is 26.1 Å². The van der Waals surface area contributed by atoms with Crippen LogP contribution >= 0.6 is 34.5 Å². The van der Waals surface area contributed by atoms with Crippen molar-refractivity contribution in [3.8, 4) is 16.3 Å². The standard InChI is InChI=1S/C36H30Cl2N4O7S/c1-15-21-11-16(37)5-10-26(21)50-30(15)25-14-27(40(3)39-25)41-32(45)23-13-22-18(8-9-20-28(22)33(46)42(31(20)44)35(48)49-4)29(36(23,2)34(41)47)19-7-6-17(43)12-24(19)38/h5-8,10-12,14,20,22-23,28-29,43H,9,13H2,1-4H3/t20-,22+,23-,28-,29+,36+/m0/s1. The Labute approximate surface area is 300 Å². The van der Waals surface area contributed by atoms with E-state index < -0.39 is 64.7 Å². The lowest BCUT2D eigenvalue weighted by Gasteiger charge is -2.49. The predicted molar refractivity (Wildman–Crippen MR) is 186 cm³/mol. The van der Waals surface area contributed by atoms with Gasteiger partial charge in [0.15, 0.2) is 0 Å². The lowest BCUT2D eigenvalue weighted by molar-refractivity contribution is -0.138. The number of nitrogens with zero attached hydrogens (tertiary/aromatic N) is 4. The zero-order valence-corrected chi connectivity index (χ0v) is 29.6. The molecular weight excluding hydrogens is 703 g/mol. The van der Waals surface area contributed by atoms with Crippen LogP contribution in [0.1, 0.15) is 36.8 Å². The first-order chi connectivity index (χ1) is 23.8. The molecule has 2 aromatic carbocycles. The summed E-state index contributed by atoms with van der Waals surface area (Å²) in [6, 6.07) is 11.9. The van der Waals surface area contributed by atoms with Gasteiger partial charge in [0.2, 0.25) is 23.6 Å². The molecule has 256 valence electrons. The summed E-state index contributed by atoms with van der Waals surface area (Å²) in [5.74, 6) is -6.17. The molecule has 50 heavy (non-hydrogen) atoms. The third-order valence-electron chi connectivity index (χ3n) is 11.1. The van der Waals surface area contributed by atoms with E-state index >= 15 is 0 Å². The van der Waals surface area contributed by atoms with Gasteiger partial charge in [-0.2, -0.15) is 10.00 Å². The number of imide groups is 4. The highest BCUT2D eigenvalue weighted by molar-refractivity contribution is 7.22. The van der Waals surface area contributed by atoms with Crippen LogP contribution in [0.25, 0.3) is 20.7 Å². The summed E-state index contributed by atoms with van der Waals surface area (Å²) in [4.78, 5) is 71.9. The Morgan fingerprint density at radius 1 is 1.04 bits per heavy atom. The van der Waals surface area contributed by atoms with Crippen molar-refractivity contribution in [3.63, 3.8) is 0 Å². The summed E-state index contributed by atoms with van der Waals surface area (Å²) in [7, 11) is 2.77. The van der Waals surface area contributed by atoms with Gasteiger partial charge in [0.05, 0.1) is 35.2 Å². The summed E-state index contributed by atoms with van der Waals surface area (Å²) in [5, 5.41) is 16.8. The summed E-state index contributed by atoms with van der Waals surface area (Å²) < 4.78 is 7.29. The molecule has 4 heterocycles. The van der Waals surface area contributed by atoms with Gasteiger partial charge in [-0.1, -0.05) is 40.9 Å². The molecule has 1 N–H and O–H groups in total. The first-order valence-corrected chi connectivity index (χ1v) is 17.6. The second-order valence-corrected chi connectivity index (χ2v) is 15.5. The molecule has 0 bridgehead atoms. The molecule has 2 aliphatic heterocycles. The van der Waals surface area contributed by atoms with E-state index in [1.165, 1.54) is 33.1 Å². The van der Waals surface area contributed by atoms with Crippen molar-refractivity contribution in [2.75, 3.05) is 12.0 Å².